The summed E-state index contributed by atoms with van der Waals surface area (Å²) in [4.78, 5) is 4.69. The summed E-state index contributed by atoms with van der Waals surface area (Å²) in [5.74, 6) is 0. The molecule has 0 aliphatic heterocycles. The van der Waals surface area contributed by atoms with Gasteiger partial charge in [-0.2, -0.15) is 5.10 Å². The third-order valence-corrected chi connectivity index (χ3v) is 4.34. The van der Waals surface area contributed by atoms with Gasteiger partial charge in [0, 0.05) is 42.2 Å². The Hall–Kier alpha value is -1.98. The number of hydrogen-bond donors (Lipinski definition) is 1. The van der Waals surface area contributed by atoms with E-state index in [2.05, 4.69) is 22.6 Å². The van der Waals surface area contributed by atoms with E-state index in [1.165, 1.54) is 0 Å². The standard InChI is InChI=1S/C16H18N4S/c1-11-13(9-20(2)19-11)14(17)8-16-18-15(10-21-16)12-6-4-3-5-7-12/h3-7,9-10,14H,8,17H2,1-2H3. The predicted octanol–water partition coefficient (Wildman–Crippen LogP) is 3.09. The lowest BCUT2D eigenvalue weighted by molar-refractivity contribution is 0.712. The Bertz CT molecular complexity index is 730. The highest BCUT2D eigenvalue weighted by Crippen LogP contribution is 2.25. The Balaban J connectivity index is 1.77. The lowest BCUT2D eigenvalue weighted by atomic mass is 10.1. The molecule has 4 nitrogen and oxygen atoms in total. The summed E-state index contributed by atoms with van der Waals surface area (Å²) in [6.07, 6.45) is 2.73. The van der Waals surface area contributed by atoms with Crippen molar-refractivity contribution in [1.29, 1.82) is 0 Å². The van der Waals surface area contributed by atoms with Gasteiger partial charge < -0.3 is 5.73 Å². The van der Waals surface area contributed by atoms with Gasteiger partial charge >= 0.3 is 0 Å². The molecule has 0 saturated carbocycles. The summed E-state index contributed by atoms with van der Waals surface area (Å²) in [5.41, 5.74) is 10.5. The fourth-order valence-electron chi connectivity index (χ4n) is 2.43. The van der Waals surface area contributed by atoms with Crippen LogP contribution in [0.5, 0.6) is 0 Å². The van der Waals surface area contributed by atoms with E-state index in [-0.39, 0.29) is 6.04 Å². The number of nitrogens with zero attached hydrogens (tertiary/aromatic N) is 3. The van der Waals surface area contributed by atoms with Gasteiger partial charge in [0.05, 0.1) is 16.4 Å². The Kier molecular flexibility index (Phi) is 3.86. The normalized spacial score (nSPS) is 12.5. The van der Waals surface area contributed by atoms with Crippen LogP contribution in [-0.2, 0) is 13.5 Å². The first kappa shape index (κ1) is 14.0. The van der Waals surface area contributed by atoms with Gasteiger partial charge in [-0.15, -0.1) is 11.3 Å². The fraction of sp³-hybridized carbons (Fsp3) is 0.250. The largest absolute Gasteiger partial charge is 0.323 e. The van der Waals surface area contributed by atoms with E-state index in [1.54, 1.807) is 11.3 Å². The molecule has 0 amide bonds. The van der Waals surface area contributed by atoms with Crippen LogP contribution in [0.15, 0.2) is 41.9 Å². The molecule has 2 aromatic heterocycles. The predicted molar refractivity (Wildman–Crippen MR) is 86.1 cm³/mol. The average Bonchev–Trinajstić information content (AvgIpc) is 3.06. The Morgan fingerprint density at radius 1 is 1.29 bits per heavy atom. The van der Waals surface area contributed by atoms with Crippen molar-refractivity contribution in [1.82, 2.24) is 14.8 Å². The van der Waals surface area contributed by atoms with Crippen LogP contribution >= 0.6 is 11.3 Å². The van der Waals surface area contributed by atoms with E-state index in [9.17, 15) is 0 Å². The molecule has 1 unspecified atom stereocenters. The molecule has 3 aromatic rings. The van der Waals surface area contributed by atoms with Gasteiger partial charge in [-0.25, -0.2) is 4.98 Å². The van der Waals surface area contributed by atoms with Crippen LogP contribution in [0.25, 0.3) is 11.3 Å². The molecule has 0 radical (unpaired) electrons. The average molecular weight is 298 g/mol. The first-order chi connectivity index (χ1) is 10.1. The van der Waals surface area contributed by atoms with Crippen LogP contribution in [0.3, 0.4) is 0 Å². The summed E-state index contributed by atoms with van der Waals surface area (Å²) in [7, 11) is 1.92. The van der Waals surface area contributed by atoms with Crippen molar-refractivity contribution in [3.05, 3.63) is 58.2 Å². The second kappa shape index (κ2) is 5.79. The van der Waals surface area contributed by atoms with Crippen molar-refractivity contribution in [2.24, 2.45) is 12.8 Å². The van der Waals surface area contributed by atoms with Gasteiger partial charge in [-0.05, 0) is 6.92 Å². The van der Waals surface area contributed by atoms with Crippen molar-refractivity contribution < 1.29 is 0 Å². The number of rotatable bonds is 4. The van der Waals surface area contributed by atoms with Crippen LogP contribution in [0.4, 0.5) is 0 Å². The molecular weight excluding hydrogens is 280 g/mol. The lowest BCUT2D eigenvalue weighted by Gasteiger charge is -2.08. The van der Waals surface area contributed by atoms with E-state index in [4.69, 9.17) is 10.7 Å². The fourth-order valence-corrected chi connectivity index (χ4v) is 3.29. The van der Waals surface area contributed by atoms with Gasteiger partial charge in [0.15, 0.2) is 0 Å². The molecule has 0 aliphatic carbocycles. The van der Waals surface area contributed by atoms with Crippen LogP contribution in [0.1, 0.15) is 22.3 Å². The molecule has 108 valence electrons. The van der Waals surface area contributed by atoms with Crippen LogP contribution in [-0.4, -0.2) is 14.8 Å². The second-order valence-electron chi connectivity index (χ2n) is 5.15. The van der Waals surface area contributed by atoms with E-state index in [0.29, 0.717) is 0 Å². The first-order valence-electron chi connectivity index (χ1n) is 6.89. The highest BCUT2D eigenvalue weighted by Gasteiger charge is 2.15. The molecule has 3 rings (SSSR count). The summed E-state index contributed by atoms with van der Waals surface area (Å²) < 4.78 is 1.81. The minimum atomic E-state index is -0.0616. The molecule has 1 atom stereocenters. The Morgan fingerprint density at radius 3 is 2.71 bits per heavy atom. The van der Waals surface area contributed by atoms with Crippen molar-refractivity contribution in [3.63, 3.8) is 0 Å². The van der Waals surface area contributed by atoms with Gasteiger partial charge in [0.25, 0.3) is 0 Å². The molecule has 0 fully saturated rings. The molecule has 0 spiro atoms. The van der Waals surface area contributed by atoms with Crippen molar-refractivity contribution >= 4 is 11.3 Å². The topological polar surface area (TPSA) is 56.7 Å². The molecule has 0 saturated heterocycles. The van der Waals surface area contributed by atoms with Crippen LogP contribution < -0.4 is 5.73 Å². The van der Waals surface area contributed by atoms with Crippen LogP contribution in [0, 0.1) is 6.92 Å². The third kappa shape index (κ3) is 3.04. The van der Waals surface area contributed by atoms with E-state index < -0.39 is 0 Å². The number of benzene rings is 1. The molecule has 21 heavy (non-hydrogen) atoms. The maximum absolute atomic E-state index is 6.30. The van der Waals surface area contributed by atoms with Crippen LogP contribution in [0.2, 0.25) is 0 Å². The van der Waals surface area contributed by atoms with Gasteiger partial charge in [-0.3, -0.25) is 4.68 Å². The molecule has 5 heteroatoms. The number of aromatic nitrogens is 3. The van der Waals surface area contributed by atoms with Gasteiger partial charge in [0.2, 0.25) is 0 Å². The van der Waals surface area contributed by atoms with Crippen molar-refractivity contribution in [2.45, 2.75) is 19.4 Å². The SMILES string of the molecule is Cc1nn(C)cc1C(N)Cc1nc(-c2ccccc2)cs1. The van der Waals surface area contributed by atoms with Gasteiger partial charge in [-0.1, -0.05) is 30.3 Å². The Labute approximate surface area is 128 Å². The zero-order valence-electron chi connectivity index (χ0n) is 12.2. The Morgan fingerprint density at radius 2 is 2.05 bits per heavy atom. The highest BCUT2D eigenvalue weighted by atomic mass is 32.1. The first-order valence-corrected chi connectivity index (χ1v) is 7.77. The third-order valence-electron chi connectivity index (χ3n) is 3.47. The zero-order chi connectivity index (χ0) is 14.8. The maximum atomic E-state index is 6.30. The monoisotopic (exact) mass is 298 g/mol. The summed E-state index contributed by atoms with van der Waals surface area (Å²) >= 11 is 1.66. The van der Waals surface area contributed by atoms with E-state index in [0.717, 1.165) is 33.9 Å². The van der Waals surface area contributed by atoms with Crippen molar-refractivity contribution in [2.75, 3.05) is 0 Å². The number of thiazole rings is 1. The quantitative estimate of drug-likeness (QED) is 0.805. The van der Waals surface area contributed by atoms with Gasteiger partial charge in [0.1, 0.15) is 0 Å². The minimum Gasteiger partial charge on any atom is -0.323 e. The molecule has 1 aromatic carbocycles. The van der Waals surface area contributed by atoms with E-state index in [1.807, 2.05) is 43.0 Å². The number of aryl methyl sites for hydroxylation is 2. The molecule has 2 heterocycles. The minimum absolute atomic E-state index is 0.0616. The lowest BCUT2D eigenvalue weighted by Crippen LogP contribution is -2.13. The highest BCUT2D eigenvalue weighted by molar-refractivity contribution is 7.09. The molecule has 0 aliphatic rings. The number of hydrogen-bond acceptors (Lipinski definition) is 4. The summed E-state index contributed by atoms with van der Waals surface area (Å²) in [6, 6.07) is 10.2. The maximum Gasteiger partial charge on any atom is 0.0951 e. The molecule has 2 N–H and O–H groups in total. The summed E-state index contributed by atoms with van der Waals surface area (Å²) in [6.45, 7) is 1.99. The molecule has 0 bridgehead atoms. The van der Waals surface area contributed by atoms with E-state index >= 15 is 0 Å². The second-order valence-corrected chi connectivity index (χ2v) is 6.09. The smallest absolute Gasteiger partial charge is 0.0951 e. The number of nitrogens with two attached hydrogens (primary N) is 1. The van der Waals surface area contributed by atoms with Crippen molar-refractivity contribution in [3.8, 4) is 11.3 Å². The summed E-state index contributed by atoms with van der Waals surface area (Å²) in [5, 5.41) is 7.50. The molecular formula is C16H18N4S. The zero-order valence-corrected chi connectivity index (χ0v) is 13.0.